The Morgan fingerprint density at radius 3 is 2.50 bits per heavy atom. The number of halogens is 1. The predicted molar refractivity (Wildman–Crippen MR) is 66.5 cm³/mol. The van der Waals surface area contributed by atoms with Crippen LogP contribution in [-0.2, 0) is 19.4 Å². The average molecular weight is 291 g/mol. The van der Waals surface area contributed by atoms with Crippen LogP contribution in [0.1, 0.15) is 10.4 Å². The third-order valence-corrected chi connectivity index (χ3v) is 3.68. The fraction of sp³-hybridized carbons (Fsp3) is 0.273. The van der Waals surface area contributed by atoms with Gasteiger partial charge in [0, 0.05) is 10.6 Å². The SMILES string of the molecule is COC(=O)CS(=O)(=O)CC(=O)c1cccc(Cl)c1. The maximum atomic E-state index is 11.7. The van der Waals surface area contributed by atoms with Crippen molar-refractivity contribution in [1.82, 2.24) is 0 Å². The Morgan fingerprint density at radius 1 is 1.28 bits per heavy atom. The second-order valence-corrected chi connectivity index (χ2v) is 6.04. The molecule has 0 saturated heterocycles. The summed E-state index contributed by atoms with van der Waals surface area (Å²) in [5, 5.41) is 0.339. The lowest BCUT2D eigenvalue weighted by atomic mass is 10.1. The number of sulfone groups is 1. The minimum atomic E-state index is -3.82. The van der Waals surface area contributed by atoms with Gasteiger partial charge in [-0.15, -0.1) is 0 Å². The molecule has 0 heterocycles. The van der Waals surface area contributed by atoms with Crippen LogP contribution in [-0.4, -0.2) is 38.8 Å². The summed E-state index contributed by atoms with van der Waals surface area (Å²) in [6, 6.07) is 5.95. The Bertz CT molecular complexity index is 565. The van der Waals surface area contributed by atoms with Gasteiger partial charge in [-0.25, -0.2) is 8.42 Å². The van der Waals surface area contributed by atoms with Crippen molar-refractivity contribution < 1.29 is 22.7 Å². The monoisotopic (exact) mass is 290 g/mol. The van der Waals surface area contributed by atoms with Crippen molar-refractivity contribution in [3.8, 4) is 0 Å². The number of hydrogen-bond acceptors (Lipinski definition) is 5. The van der Waals surface area contributed by atoms with E-state index in [-0.39, 0.29) is 5.56 Å². The first-order chi connectivity index (χ1) is 8.34. The van der Waals surface area contributed by atoms with Crippen molar-refractivity contribution in [3.05, 3.63) is 34.9 Å². The summed E-state index contributed by atoms with van der Waals surface area (Å²) in [5.41, 5.74) is 0.191. The summed E-state index contributed by atoms with van der Waals surface area (Å²) in [4.78, 5) is 22.6. The molecule has 0 radical (unpaired) electrons. The zero-order chi connectivity index (χ0) is 13.8. The molecule has 0 saturated carbocycles. The number of methoxy groups -OCH3 is 1. The Balaban J connectivity index is 2.79. The Hall–Kier alpha value is -1.40. The molecule has 0 amide bonds. The maximum Gasteiger partial charge on any atom is 0.320 e. The fourth-order valence-electron chi connectivity index (χ4n) is 1.23. The zero-order valence-electron chi connectivity index (χ0n) is 9.55. The van der Waals surface area contributed by atoms with Crippen LogP contribution in [0.3, 0.4) is 0 Å². The van der Waals surface area contributed by atoms with Crippen LogP contribution < -0.4 is 0 Å². The summed E-state index contributed by atoms with van der Waals surface area (Å²) in [6.45, 7) is 0. The number of Topliss-reactive ketones (excluding diaryl/α,β-unsaturated/α-hetero) is 1. The van der Waals surface area contributed by atoms with Crippen LogP contribution in [0.15, 0.2) is 24.3 Å². The van der Waals surface area contributed by atoms with Gasteiger partial charge in [-0.2, -0.15) is 0 Å². The number of carbonyl (C=O) groups is 2. The smallest absolute Gasteiger partial charge is 0.320 e. The molecule has 0 aliphatic rings. The number of benzene rings is 1. The van der Waals surface area contributed by atoms with Crippen LogP contribution in [0.2, 0.25) is 5.02 Å². The highest BCUT2D eigenvalue weighted by Crippen LogP contribution is 2.12. The maximum absolute atomic E-state index is 11.7. The number of hydrogen-bond donors (Lipinski definition) is 0. The summed E-state index contributed by atoms with van der Waals surface area (Å²) in [5.74, 6) is -3.06. The first-order valence-electron chi connectivity index (χ1n) is 4.90. The molecule has 0 fully saturated rings. The molecule has 0 aliphatic carbocycles. The van der Waals surface area contributed by atoms with E-state index in [0.717, 1.165) is 7.11 Å². The van der Waals surface area contributed by atoms with Crippen LogP contribution in [0.25, 0.3) is 0 Å². The molecule has 18 heavy (non-hydrogen) atoms. The molecular weight excluding hydrogens is 280 g/mol. The van der Waals surface area contributed by atoms with Crippen LogP contribution in [0.5, 0.6) is 0 Å². The zero-order valence-corrected chi connectivity index (χ0v) is 11.1. The van der Waals surface area contributed by atoms with Gasteiger partial charge in [0.05, 0.1) is 7.11 Å². The number of ether oxygens (including phenoxy) is 1. The lowest BCUT2D eigenvalue weighted by molar-refractivity contribution is -0.137. The van der Waals surface area contributed by atoms with Gasteiger partial charge < -0.3 is 4.74 Å². The third kappa shape index (κ3) is 4.46. The minimum absolute atomic E-state index is 0.191. The lowest BCUT2D eigenvalue weighted by Crippen LogP contribution is -2.24. The molecule has 7 heteroatoms. The van der Waals surface area contributed by atoms with Crippen molar-refractivity contribution in [2.45, 2.75) is 0 Å². The standard InChI is InChI=1S/C11H11ClO5S/c1-17-11(14)7-18(15,16)6-10(13)8-3-2-4-9(12)5-8/h2-5H,6-7H2,1H3. The Labute approximate surface area is 110 Å². The van der Waals surface area contributed by atoms with Gasteiger partial charge in [-0.05, 0) is 12.1 Å². The van der Waals surface area contributed by atoms with E-state index in [1.165, 1.54) is 12.1 Å². The molecule has 0 aromatic heterocycles. The lowest BCUT2D eigenvalue weighted by Gasteiger charge is -2.03. The summed E-state index contributed by atoms with van der Waals surface area (Å²) >= 11 is 5.69. The van der Waals surface area contributed by atoms with Gasteiger partial charge in [-0.3, -0.25) is 9.59 Å². The van der Waals surface area contributed by atoms with Gasteiger partial charge in [-0.1, -0.05) is 23.7 Å². The molecule has 0 unspecified atom stereocenters. The fourth-order valence-corrected chi connectivity index (χ4v) is 2.57. The second kappa shape index (κ2) is 5.97. The molecule has 0 bridgehead atoms. The van der Waals surface area contributed by atoms with Gasteiger partial charge in [0.2, 0.25) is 0 Å². The number of esters is 1. The van der Waals surface area contributed by atoms with Crippen molar-refractivity contribution in [2.75, 3.05) is 18.6 Å². The highest BCUT2D eigenvalue weighted by Gasteiger charge is 2.22. The van der Waals surface area contributed by atoms with E-state index in [1.54, 1.807) is 12.1 Å². The van der Waals surface area contributed by atoms with E-state index in [4.69, 9.17) is 11.6 Å². The molecular formula is C11H11ClO5S. The van der Waals surface area contributed by atoms with Crippen molar-refractivity contribution in [1.29, 1.82) is 0 Å². The molecule has 0 spiro atoms. The topological polar surface area (TPSA) is 77.5 Å². The van der Waals surface area contributed by atoms with E-state index < -0.39 is 33.1 Å². The van der Waals surface area contributed by atoms with Gasteiger partial charge in [0.1, 0.15) is 11.5 Å². The van der Waals surface area contributed by atoms with Gasteiger partial charge in [0.25, 0.3) is 0 Å². The molecule has 0 atom stereocenters. The van der Waals surface area contributed by atoms with Crippen molar-refractivity contribution in [2.24, 2.45) is 0 Å². The highest BCUT2D eigenvalue weighted by molar-refractivity contribution is 7.92. The van der Waals surface area contributed by atoms with Crippen molar-refractivity contribution >= 4 is 33.2 Å². The predicted octanol–water partition coefficient (Wildman–Crippen LogP) is 1.11. The van der Waals surface area contributed by atoms with E-state index >= 15 is 0 Å². The van der Waals surface area contributed by atoms with Crippen LogP contribution >= 0.6 is 11.6 Å². The first-order valence-corrected chi connectivity index (χ1v) is 7.10. The molecule has 0 N–H and O–H groups in total. The Kier molecular flexibility index (Phi) is 4.86. The van der Waals surface area contributed by atoms with E-state index in [9.17, 15) is 18.0 Å². The first kappa shape index (κ1) is 14.7. The van der Waals surface area contributed by atoms with Crippen LogP contribution in [0, 0.1) is 0 Å². The molecule has 98 valence electrons. The Morgan fingerprint density at radius 2 is 1.94 bits per heavy atom. The van der Waals surface area contributed by atoms with E-state index in [1.807, 2.05) is 0 Å². The molecule has 0 aliphatic heterocycles. The van der Waals surface area contributed by atoms with E-state index in [0.29, 0.717) is 5.02 Å². The van der Waals surface area contributed by atoms with E-state index in [2.05, 4.69) is 4.74 Å². The van der Waals surface area contributed by atoms with Gasteiger partial charge >= 0.3 is 5.97 Å². The van der Waals surface area contributed by atoms with Gasteiger partial charge in [0.15, 0.2) is 15.6 Å². The van der Waals surface area contributed by atoms with Crippen LogP contribution in [0.4, 0.5) is 0 Å². The van der Waals surface area contributed by atoms with Crippen molar-refractivity contribution in [3.63, 3.8) is 0 Å². The molecule has 1 aromatic rings. The number of ketones is 1. The largest absolute Gasteiger partial charge is 0.468 e. The average Bonchev–Trinajstić information content (AvgIpc) is 2.27. The number of carbonyl (C=O) groups excluding carboxylic acids is 2. The number of rotatable bonds is 5. The third-order valence-electron chi connectivity index (χ3n) is 2.06. The second-order valence-electron chi connectivity index (χ2n) is 3.54. The highest BCUT2D eigenvalue weighted by atomic mass is 35.5. The summed E-state index contributed by atoms with van der Waals surface area (Å²) in [7, 11) is -2.74. The molecule has 1 aromatic carbocycles. The summed E-state index contributed by atoms with van der Waals surface area (Å²) in [6.07, 6.45) is 0. The molecule has 5 nitrogen and oxygen atoms in total. The quantitative estimate of drug-likeness (QED) is 0.600. The normalized spacial score (nSPS) is 11.0. The summed E-state index contributed by atoms with van der Waals surface area (Å²) < 4.78 is 27.3. The minimum Gasteiger partial charge on any atom is -0.468 e. The molecule has 1 rings (SSSR count).